The zero-order chi connectivity index (χ0) is 26.4. The van der Waals surface area contributed by atoms with Gasteiger partial charge in [0.15, 0.2) is 16.7 Å². The Labute approximate surface area is 216 Å². The van der Waals surface area contributed by atoms with Gasteiger partial charge in [0.05, 0.1) is 6.61 Å². The Hall–Kier alpha value is -3.99. The lowest BCUT2D eigenvalue weighted by molar-refractivity contribution is -0.479. The lowest BCUT2D eigenvalue weighted by atomic mass is 10.1. The van der Waals surface area contributed by atoms with E-state index < -0.39 is 5.25 Å². The Bertz CT molecular complexity index is 1360. The summed E-state index contributed by atoms with van der Waals surface area (Å²) in [6, 6.07) is 17.0. The van der Waals surface area contributed by atoms with Gasteiger partial charge in [-0.15, -0.1) is 10.2 Å². The van der Waals surface area contributed by atoms with Gasteiger partial charge in [-0.3, -0.25) is 14.7 Å². The number of halogens is 2. The number of thioether (sulfide) groups is 1. The second-order valence-electron chi connectivity index (χ2n) is 8.02. The molecule has 37 heavy (non-hydrogen) atoms. The maximum Gasteiger partial charge on any atom is 0.220 e. The van der Waals surface area contributed by atoms with Crippen LogP contribution in [0.1, 0.15) is 29.1 Å². The van der Waals surface area contributed by atoms with Gasteiger partial charge in [-0.05, 0) is 73.5 Å². The summed E-state index contributed by atoms with van der Waals surface area (Å²) in [6.45, 7) is 3.77. The molecule has 192 valence electrons. The molecule has 0 aliphatic carbocycles. The van der Waals surface area contributed by atoms with E-state index in [2.05, 4.69) is 10.2 Å². The van der Waals surface area contributed by atoms with E-state index in [9.17, 15) is 18.9 Å². The number of ether oxygens (including phenoxy) is 2. The van der Waals surface area contributed by atoms with E-state index in [1.54, 1.807) is 54.0 Å². The van der Waals surface area contributed by atoms with Crippen molar-refractivity contribution in [1.29, 1.82) is 0 Å². The van der Waals surface area contributed by atoms with Crippen LogP contribution < -0.4 is 9.47 Å². The number of aryl methyl sites for hydroxylation is 1. The normalized spacial score (nSPS) is 11.8. The maximum atomic E-state index is 13.4. The zero-order valence-corrected chi connectivity index (χ0v) is 21.0. The highest BCUT2D eigenvalue weighted by Crippen LogP contribution is 2.39. The van der Waals surface area contributed by atoms with Gasteiger partial charge in [0, 0.05) is 10.6 Å². The molecule has 1 heterocycles. The Morgan fingerprint density at radius 2 is 1.65 bits per heavy atom. The van der Waals surface area contributed by atoms with Crippen LogP contribution in [0.2, 0.25) is 0 Å². The van der Waals surface area contributed by atoms with Crippen LogP contribution in [0.3, 0.4) is 0 Å². The zero-order valence-electron chi connectivity index (χ0n) is 20.1. The molecule has 0 aliphatic rings. The van der Waals surface area contributed by atoms with Crippen LogP contribution in [-0.2, 0) is 6.61 Å². The molecule has 0 aliphatic heterocycles. The van der Waals surface area contributed by atoms with E-state index in [1.165, 1.54) is 36.0 Å². The first kappa shape index (κ1) is 26.1. The van der Waals surface area contributed by atoms with Gasteiger partial charge in [-0.25, -0.2) is 8.78 Å². The van der Waals surface area contributed by atoms with Crippen molar-refractivity contribution >= 4 is 11.8 Å². The first-order valence-corrected chi connectivity index (χ1v) is 12.3. The van der Waals surface area contributed by atoms with Crippen LogP contribution in [0.4, 0.5) is 8.78 Å². The van der Waals surface area contributed by atoms with Crippen molar-refractivity contribution in [2.75, 3.05) is 13.2 Å². The summed E-state index contributed by atoms with van der Waals surface area (Å²) in [5.41, 5.74) is 2.07. The highest BCUT2D eigenvalue weighted by atomic mass is 32.2. The summed E-state index contributed by atoms with van der Waals surface area (Å²) in [5.74, 6) is 0.758. The van der Waals surface area contributed by atoms with Crippen molar-refractivity contribution < 1.29 is 23.2 Å². The van der Waals surface area contributed by atoms with Gasteiger partial charge < -0.3 is 9.47 Å². The SMILES string of the molecule is CCOc1cc([C@@H](C[N+](=O)[O-])Sc2nnc(C)n2-c2ccc(F)cc2)ccc1OCc1ccc(F)cc1. The van der Waals surface area contributed by atoms with Gasteiger partial charge in [0.2, 0.25) is 6.54 Å². The summed E-state index contributed by atoms with van der Waals surface area (Å²) in [4.78, 5) is 11.2. The summed E-state index contributed by atoms with van der Waals surface area (Å²) in [7, 11) is 0. The maximum absolute atomic E-state index is 13.4. The molecule has 0 bridgehead atoms. The molecule has 0 saturated carbocycles. The highest BCUT2D eigenvalue weighted by Gasteiger charge is 2.25. The number of nitrogens with zero attached hydrogens (tertiary/aromatic N) is 4. The predicted molar refractivity (Wildman–Crippen MR) is 135 cm³/mol. The molecule has 0 spiro atoms. The van der Waals surface area contributed by atoms with Crippen molar-refractivity contribution in [3.63, 3.8) is 0 Å². The molecule has 0 radical (unpaired) electrons. The average molecular weight is 527 g/mol. The molecule has 0 fully saturated rings. The summed E-state index contributed by atoms with van der Waals surface area (Å²) in [5, 5.41) is 19.7. The van der Waals surface area contributed by atoms with Crippen molar-refractivity contribution in [2.45, 2.75) is 30.9 Å². The number of hydrogen-bond donors (Lipinski definition) is 0. The van der Waals surface area contributed by atoms with E-state index in [0.717, 1.165) is 5.56 Å². The van der Waals surface area contributed by atoms with Gasteiger partial charge >= 0.3 is 0 Å². The lowest BCUT2D eigenvalue weighted by Gasteiger charge is -2.17. The largest absolute Gasteiger partial charge is 0.490 e. The van der Waals surface area contributed by atoms with Crippen LogP contribution in [0.25, 0.3) is 5.69 Å². The van der Waals surface area contributed by atoms with Crippen LogP contribution in [0.15, 0.2) is 71.9 Å². The molecule has 0 unspecified atom stereocenters. The molecule has 0 amide bonds. The molecule has 8 nitrogen and oxygen atoms in total. The molecule has 4 aromatic rings. The smallest absolute Gasteiger partial charge is 0.220 e. The van der Waals surface area contributed by atoms with Gasteiger partial charge in [-0.2, -0.15) is 0 Å². The minimum atomic E-state index is -0.622. The minimum absolute atomic E-state index is 0.201. The van der Waals surface area contributed by atoms with Gasteiger partial charge in [-0.1, -0.05) is 30.0 Å². The molecule has 3 aromatic carbocycles. The third kappa shape index (κ3) is 6.62. The monoisotopic (exact) mass is 526 g/mol. The van der Waals surface area contributed by atoms with Crippen LogP contribution in [0.5, 0.6) is 11.5 Å². The number of rotatable bonds is 11. The van der Waals surface area contributed by atoms with E-state index in [1.807, 2.05) is 6.92 Å². The van der Waals surface area contributed by atoms with E-state index in [4.69, 9.17) is 9.47 Å². The summed E-state index contributed by atoms with van der Waals surface area (Å²) < 4.78 is 40.0. The molecule has 11 heteroatoms. The fourth-order valence-corrected chi connectivity index (χ4v) is 4.80. The molecule has 0 saturated heterocycles. The molecule has 4 rings (SSSR count). The predicted octanol–water partition coefficient (Wildman–Crippen LogP) is 5.94. The third-order valence-corrected chi connectivity index (χ3v) is 6.57. The second-order valence-corrected chi connectivity index (χ2v) is 9.19. The number of nitro groups is 1. The number of aromatic nitrogens is 3. The summed E-state index contributed by atoms with van der Waals surface area (Å²) in [6.07, 6.45) is 0. The van der Waals surface area contributed by atoms with Crippen LogP contribution in [0, 0.1) is 28.7 Å². The fourth-order valence-electron chi connectivity index (χ4n) is 3.63. The molecular weight excluding hydrogens is 502 g/mol. The standard InChI is InChI=1S/C26H24F2N4O4S/c1-3-35-24-14-19(6-13-23(24)36-16-18-4-7-20(27)8-5-18)25(15-31(33)34)37-26-30-29-17(2)32(26)22-11-9-21(28)10-12-22/h4-14,25H,3,15-16H2,1-2H3/t25-/m1/s1. The first-order valence-electron chi connectivity index (χ1n) is 11.4. The van der Waals surface area contributed by atoms with Crippen LogP contribution >= 0.6 is 11.8 Å². The highest BCUT2D eigenvalue weighted by molar-refractivity contribution is 7.99. The summed E-state index contributed by atoms with van der Waals surface area (Å²) >= 11 is 1.18. The number of hydrogen-bond acceptors (Lipinski definition) is 7. The molecule has 1 atom stereocenters. The Kier molecular flexibility index (Phi) is 8.34. The molecular formula is C26H24F2N4O4S. The first-order chi connectivity index (χ1) is 17.8. The Morgan fingerprint density at radius 3 is 2.30 bits per heavy atom. The van der Waals surface area contributed by atoms with Crippen molar-refractivity contribution in [2.24, 2.45) is 0 Å². The molecule has 0 N–H and O–H groups in total. The van der Waals surface area contributed by atoms with E-state index in [0.29, 0.717) is 40.3 Å². The van der Waals surface area contributed by atoms with E-state index in [-0.39, 0.29) is 29.7 Å². The fraction of sp³-hybridized carbons (Fsp3) is 0.231. The van der Waals surface area contributed by atoms with Gasteiger partial charge in [0.1, 0.15) is 29.3 Å². The molecule has 1 aromatic heterocycles. The quantitative estimate of drug-likeness (QED) is 0.136. The minimum Gasteiger partial charge on any atom is -0.490 e. The van der Waals surface area contributed by atoms with Crippen molar-refractivity contribution in [3.05, 3.63) is 105 Å². The number of benzene rings is 3. The van der Waals surface area contributed by atoms with E-state index >= 15 is 0 Å². The topological polar surface area (TPSA) is 92.3 Å². The Morgan fingerprint density at radius 1 is 0.973 bits per heavy atom. The second kappa shape index (κ2) is 11.8. The van der Waals surface area contributed by atoms with Crippen LogP contribution in [-0.4, -0.2) is 32.8 Å². The average Bonchev–Trinajstić information content (AvgIpc) is 3.24. The Balaban J connectivity index is 1.61. The third-order valence-electron chi connectivity index (χ3n) is 5.39. The van der Waals surface area contributed by atoms with Crippen molar-refractivity contribution in [3.8, 4) is 17.2 Å². The lowest BCUT2D eigenvalue weighted by Crippen LogP contribution is -2.11. The van der Waals surface area contributed by atoms with Crippen molar-refractivity contribution in [1.82, 2.24) is 14.8 Å². The van der Waals surface area contributed by atoms with Gasteiger partial charge in [0.25, 0.3) is 0 Å².